The van der Waals surface area contributed by atoms with Crippen molar-refractivity contribution >= 4 is 61.2 Å². The number of sulfone groups is 1. The van der Waals surface area contributed by atoms with Crippen molar-refractivity contribution in [3.63, 3.8) is 0 Å². The number of nitrogens with one attached hydrogen (secondary N) is 4. The van der Waals surface area contributed by atoms with Gasteiger partial charge in [0, 0.05) is 52.8 Å². The maximum atomic E-state index is 14.1. The Morgan fingerprint density at radius 3 is 2.53 bits per heavy atom. The fraction of sp³-hybridized carbons (Fsp3) is 0.182. The van der Waals surface area contributed by atoms with Crippen LogP contribution in [0.5, 0.6) is 17.2 Å². The highest BCUT2D eigenvalue weighted by atomic mass is 32.2. The molecule has 0 saturated carbocycles. The third-order valence-electron chi connectivity index (χ3n) is 9.91. The second-order valence-electron chi connectivity index (χ2n) is 14.2. The SMILES string of the molecule is COc1cccc(Nc2c(C(N)=O)cnc3c(C)cc(S(=O)(=O)c4cccc(C(=O)Nc5ccc(CCCNC[C@H](O)c6cc(O)cc7c6OCC(=O)N7)cc5)c4)cc23)c1. The van der Waals surface area contributed by atoms with Crippen molar-refractivity contribution in [1.29, 1.82) is 0 Å². The Balaban J connectivity index is 0.994. The third-order valence-corrected chi connectivity index (χ3v) is 11.6. The van der Waals surface area contributed by atoms with Crippen molar-refractivity contribution in [3.8, 4) is 17.2 Å². The summed E-state index contributed by atoms with van der Waals surface area (Å²) in [6.45, 7) is 2.32. The second-order valence-corrected chi connectivity index (χ2v) is 16.1. The lowest BCUT2D eigenvalue weighted by molar-refractivity contribution is -0.118. The summed E-state index contributed by atoms with van der Waals surface area (Å²) >= 11 is 0. The van der Waals surface area contributed by atoms with Gasteiger partial charge < -0.3 is 46.7 Å². The number of benzene rings is 5. The van der Waals surface area contributed by atoms with Crippen molar-refractivity contribution in [2.45, 2.75) is 35.7 Å². The van der Waals surface area contributed by atoms with Gasteiger partial charge >= 0.3 is 0 Å². The highest BCUT2D eigenvalue weighted by Crippen LogP contribution is 2.39. The number of hydrogen-bond donors (Lipinski definition) is 7. The molecule has 1 atom stereocenters. The molecule has 0 radical (unpaired) electrons. The van der Waals surface area contributed by atoms with E-state index in [1.54, 1.807) is 43.3 Å². The van der Waals surface area contributed by atoms with Gasteiger partial charge in [0.1, 0.15) is 17.2 Å². The van der Waals surface area contributed by atoms with Crippen LogP contribution in [0.1, 0.15) is 49.9 Å². The number of carbonyl (C=O) groups excluding carboxylic acids is 3. The molecule has 5 aromatic carbocycles. The van der Waals surface area contributed by atoms with E-state index in [9.17, 15) is 33.0 Å². The van der Waals surface area contributed by atoms with Crippen LogP contribution in [0, 0.1) is 6.92 Å². The Morgan fingerprint density at radius 1 is 0.983 bits per heavy atom. The predicted octanol–water partition coefficient (Wildman–Crippen LogP) is 5.77. The highest BCUT2D eigenvalue weighted by molar-refractivity contribution is 7.91. The van der Waals surface area contributed by atoms with Gasteiger partial charge in [0.15, 0.2) is 6.61 Å². The topological polar surface area (TPSA) is 231 Å². The number of rotatable bonds is 15. The van der Waals surface area contributed by atoms with Gasteiger partial charge in [0.25, 0.3) is 17.7 Å². The molecule has 0 aliphatic carbocycles. The monoisotopic (exact) mass is 830 g/mol. The number of carbonyl (C=O) groups is 3. The number of aromatic hydroxyl groups is 1. The number of aliphatic hydroxyl groups is 1. The van der Waals surface area contributed by atoms with Gasteiger partial charge in [0.2, 0.25) is 9.84 Å². The van der Waals surface area contributed by atoms with E-state index in [4.69, 9.17) is 15.2 Å². The normalized spacial score (nSPS) is 12.8. The predicted molar refractivity (Wildman–Crippen MR) is 226 cm³/mol. The molecular formula is C44H42N6O9S. The summed E-state index contributed by atoms with van der Waals surface area (Å²) in [5.74, 6) is -0.799. The Hall–Kier alpha value is -7.01. The molecule has 2 heterocycles. The first-order valence-corrected chi connectivity index (χ1v) is 20.4. The van der Waals surface area contributed by atoms with Gasteiger partial charge in [0.05, 0.1) is 45.5 Å². The molecule has 1 aliphatic heterocycles. The lowest BCUT2D eigenvalue weighted by Gasteiger charge is -2.23. The minimum Gasteiger partial charge on any atom is -0.508 e. The summed E-state index contributed by atoms with van der Waals surface area (Å²) in [5, 5.41) is 33.0. The number of aryl methyl sites for hydroxylation is 2. The quantitative estimate of drug-likeness (QED) is 0.0612. The minimum absolute atomic E-state index is 0.0648. The number of primary amides is 1. The maximum absolute atomic E-state index is 14.1. The number of phenols is 1. The summed E-state index contributed by atoms with van der Waals surface area (Å²) in [6.07, 6.45) is 1.82. The van der Waals surface area contributed by atoms with Crippen molar-refractivity contribution in [1.82, 2.24) is 10.3 Å². The zero-order chi connectivity index (χ0) is 42.6. The molecule has 3 amide bonds. The van der Waals surface area contributed by atoms with E-state index >= 15 is 0 Å². The minimum atomic E-state index is -4.18. The number of aromatic nitrogens is 1. The van der Waals surface area contributed by atoms with E-state index in [-0.39, 0.29) is 51.4 Å². The van der Waals surface area contributed by atoms with E-state index in [1.807, 2.05) is 12.1 Å². The first kappa shape index (κ1) is 41.2. The molecule has 0 fully saturated rings. The van der Waals surface area contributed by atoms with Crippen molar-refractivity contribution < 1.29 is 42.5 Å². The number of phenolic OH excluding ortho intramolecular Hbond substituents is 1. The first-order valence-electron chi connectivity index (χ1n) is 18.9. The molecule has 16 heteroatoms. The maximum Gasteiger partial charge on any atom is 0.262 e. The molecule has 308 valence electrons. The lowest BCUT2D eigenvalue weighted by atomic mass is 10.0. The third kappa shape index (κ3) is 9.00. The fourth-order valence-electron chi connectivity index (χ4n) is 6.89. The van der Waals surface area contributed by atoms with Crippen LogP contribution >= 0.6 is 0 Å². The molecule has 15 nitrogen and oxygen atoms in total. The number of anilines is 4. The number of aliphatic hydroxyl groups excluding tert-OH is 1. The Morgan fingerprint density at radius 2 is 1.77 bits per heavy atom. The van der Waals surface area contributed by atoms with Crippen LogP contribution in [-0.2, 0) is 21.1 Å². The Kier molecular flexibility index (Phi) is 12.0. The summed E-state index contributed by atoms with van der Waals surface area (Å²) < 4.78 is 39.1. The Labute approximate surface area is 345 Å². The second kappa shape index (κ2) is 17.5. The number of amides is 3. The van der Waals surface area contributed by atoms with Gasteiger partial charge in [-0.15, -0.1) is 0 Å². The van der Waals surface area contributed by atoms with Crippen LogP contribution in [0.4, 0.5) is 22.7 Å². The van der Waals surface area contributed by atoms with E-state index < -0.39 is 27.8 Å². The van der Waals surface area contributed by atoms with Crippen molar-refractivity contribution in [3.05, 3.63) is 131 Å². The molecule has 1 aliphatic rings. The van der Waals surface area contributed by atoms with Gasteiger partial charge in [-0.05, 0) is 98.1 Å². The number of fused-ring (bicyclic) bond motifs is 2. The van der Waals surface area contributed by atoms with Crippen molar-refractivity contribution in [2.75, 3.05) is 42.8 Å². The van der Waals surface area contributed by atoms with E-state index in [0.29, 0.717) is 63.6 Å². The smallest absolute Gasteiger partial charge is 0.262 e. The van der Waals surface area contributed by atoms with Crippen LogP contribution in [0.25, 0.3) is 10.9 Å². The molecule has 0 unspecified atom stereocenters. The first-order chi connectivity index (χ1) is 28.8. The molecule has 1 aromatic heterocycles. The molecule has 0 bridgehead atoms. The molecule has 0 saturated heterocycles. The summed E-state index contributed by atoms with van der Waals surface area (Å²) in [7, 11) is -2.65. The van der Waals surface area contributed by atoms with Crippen LogP contribution in [-0.4, -0.2) is 68.1 Å². The zero-order valence-electron chi connectivity index (χ0n) is 32.6. The van der Waals surface area contributed by atoms with Gasteiger partial charge in [-0.1, -0.05) is 24.3 Å². The summed E-state index contributed by atoms with van der Waals surface area (Å²) in [4.78, 5) is 41.8. The average Bonchev–Trinajstić information content (AvgIpc) is 3.23. The zero-order valence-corrected chi connectivity index (χ0v) is 33.4. The standard InChI is InChI=1S/C44H42N6O9S/c1-25-16-33(21-35-40(25)47-22-36(43(45)54)41(35)48-29-8-4-9-31(18-29)58-2)60(56,57)32-10-3-7-27(17-32)44(55)49-28-13-11-26(12-14-28)6-5-15-46-23-38(52)34-19-30(51)20-37-42(34)59-24-39(53)50-37/h3-4,7-14,16-22,38,46,51-52H,5-6,15,23-24H2,1-2H3,(H2,45,54)(H,47,48)(H,49,55)(H,50,53)/t38-/m0/s1. The van der Waals surface area contributed by atoms with Crippen LogP contribution in [0.2, 0.25) is 0 Å². The van der Waals surface area contributed by atoms with Crippen LogP contribution in [0.15, 0.2) is 113 Å². The number of hydrogen-bond acceptors (Lipinski definition) is 12. The number of pyridine rings is 1. The number of nitrogens with zero attached hydrogens (tertiary/aromatic N) is 1. The van der Waals surface area contributed by atoms with Crippen molar-refractivity contribution in [2.24, 2.45) is 5.73 Å². The fourth-order valence-corrected chi connectivity index (χ4v) is 8.31. The van der Waals surface area contributed by atoms with E-state index in [1.165, 1.54) is 61.8 Å². The average molecular weight is 831 g/mol. The van der Waals surface area contributed by atoms with Gasteiger partial charge in [-0.3, -0.25) is 19.4 Å². The van der Waals surface area contributed by atoms with Gasteiger partial charge in [-0.2, -0.15) is 0 Å². The van der Waals surface area contributed by atoms with E-state index in [0.717, 1.165) is 12.0 Å². The summed E-state index contributed by atoms with van der Waals surface area (Å²) in [6, 6.07) is 25.8. The molecule has 7 rings (SSSR count). The molecule has 6 aromatic rings. The number of nitrogens with two attached hydrogens (primary N) is 1. The van der Waals surface area contributed by atoms with Crippen LogP contribution < -0.4 is 36.5 Å². The molecule has 8 N–H and O–H groups in total. The van der Waals surface area contributed by atoms with Gasteiger partial charge in [-0.25, -0.2) is 8.42 Å². The molecule has 60 heavy (non-hydrogen) atoms. The van der Waals surface area contributed by atoms with Crippen LogP contribution in [0.3, 0.4) is 0 Å². The Bertz CT molecular complexity index is 2740. The highest BCUT2D eigenvalue weighted by Gasteiger charge is 2.25. The number of methoxy groups -OCH3 is 1. The van der Waals surface area contributed by atoms with E-state index in [2.05, 4.69) is 26.3 Å². The number of ether oxygens (including phenoxy) is 2. The summed E-state index contributed by atoms with van der Waals surface area (Å²) in [5.41, 5.74) is 10.0. The molecule has 0 spiro atoms. The lowest BCUT2D eigenvalue weighted by Crippen LogP contribution is -2.28. The molecular weight excluding hydrogens is 789 g/mol. The largest absolute Gasteiger partial charge is 0.508 e.